The van der Waals surface area contributed by atoms with Crippen molar-refractivity contribution in [3.8, 4) is 17.2 Å². The van der Waals surface area contributed by atoms with Gasteiger partial charge in [-0.25, -0.2) is 0 Å². The Morgan fingerprint density at radius 3 is 2.69 bits per heavy atom. The van der Waals surface area contributed by atoms with Gasteiger partial charge in [-0.15, -0.1) is 10.2 Å². The molecule has 1 amide bonds. The lowest BCUT2D eigenvalue weighted by molar-refractivity contribution is -0.132. The third-order valence-electron chi connectivity index (χ3n) is 6.66. The van der Waals surface area contributed by atoms with E-state index in [4.69, 9.17) is 25.8 Å². The van der Waals surface area contributed by atoms with Crippen molar-refractivity contribution >= 4 is 57.3 Å². The first kappa shape index (κ1) is 28.1. The van der Waals surface area contributed by atoms with E-state index in [1.807, 2.05) is 31.2 Å². The molecule has 1 fully saturated rings. The third-order valence-corrected chi connectivity index (χ3v) is 9.13. The number of thioether (sulfide) groups is 1. The lowest BCUT2D eigenvalue weighted by Gasteiger charge is -2.23. The summed E-state index contributed by atoms with van der Waals surface area (Å²) in [6.45, 7) is 3.08. The maximum atomic E-state index is 13.6. The zero-order valence-electron chi connectivity index (χ0n) is 22.3. The molecule has 1 aromatic heterocycles. The van der Waals surface area contributed by atoms with Gasteiger partial charge in [-0.05, 0) is 54.4 Å². The van der Waals surface area contributed by atoms with Gasteiger partial charge in [0.1, 0.15) is 24.7 Å². The van der Waals surface area contributed by atoms with E-state index < -0.39 is 17.7 Å². The Labute approximate surface area is 254 Å². The fourth-order valence-electron chi connectivity index (χ4n) is 4.75. The van der Waals surface area contributed by atoms with Crippen LogP contribution in [0.15, 0.2) is 76.6 Å². The molecule has 0 bridgehead atoms. The van der Waals surface area contributed by atoms with E-state index in [1.165, 1.54) is 28.0 Å². The zero-order valence-corrected chi connectivity index (χ0v) is 24.7. The van der Waals surface area contributed by atoms with Crippen molar-refractivity contribution in [1.29, 1.82) is 0 Å². The summed E-state index contributed by atoms with van der Waals surface area (Å²) in [7, 11) is 0. The average Bonchev–Trinajstić information content (AvgIpc) is 3.58. The minimum absolute atomic E-state index is 0.0780. The number of carbonyl (C=O) groups excluding carboxylic acids is 2. The predicted molar refractivity (Wildman–Crippen MR) is 161 cm³/mol. The molecule has 3 heterocycles. The van der Waals surface area contributed by atoms with Gasteiger partial charge in [0, 0.05) is 16.3 Å². The summed E-state index contributed by atoms with van der Waals surface area (Å²) in [5.74, 6) is 0.102. The normalized spacial score (nSPS) is 17.5. The fraction of sp³-hybridized carbons (Fsp3) is 0.200. The van der Waals surface area contributed by atoms with Crippen molar-refractivity contribution in [3.63, 3.8) is 0 Å². The Morgan fingerprint density at radius 1 is 1.07 bits per heavy atom. The van der Waals surface area contributed by atoms with Crippen molar-refractivity contribution in [2.75, 3.05) is 24.7 Å². The third kappa shape index (κ3) is 5.42. The maximum Gasteiger partial charge on any atom is 0.301 e. The molecule has 6 rings (SSSR count). The van der Waals surface area contributed by atoms with E-state index in [1.54, 1.807) is 42.5 Å². The number of rotatable bonds is 8. The van der Waals surface area contributed by atoms with Gasteiger partial charge in [0.15, 0.2) is 15.8 Å². The van der Waals surface area contributed by atoms with Crippen molar-refractivity contribution in [2.24, 2.45) is 0 Å². The van der Waals surface area contributed by atoms with Crippen LogP contribution in [-0.2, 0) is 15.3 Å². The topological polar surface area (TPSA) is 111 Å². The summed E-state index contributed by atoms with van der Waals surface area (Å²) in [6.07, 6.45) is 0. The maximum absolute atomic E-state index is 13.6. The number of anilines is 1. The molecule has 2 aliphatic rings. The van der Waals surface area contributed by atoms with Gasteiger partial charge >= 0.3 is 5.91 Å². The highest BCUT2D eigenvalue weighted by atomic mass is 35.5. The van der Waals surface area contributed by atoms with Gasteiger partial charge in [0.05, 0.1) is 18.2 Å². The Morgan fingerprint density at radius 2 is 1.88 bits per heavy atom. The number of amides is 1. The summed E-state index contributed by atoms with van der Waals surface area (Å²) in [5, 5.41) is 20.9. The summed E-state index contributed by atoms with van der Waals surface area (Å²) in [6, 6.07) is 18.5. The van der Waals surface area contributed by atoms with Crippen LogP contribution >= 0.6 is 34.7 Å². The Kier molecular flexibility index (Phi) is 8.05. The van der Waals surface area contributed by atoms with Crippen LogP contribution < -0.4 is 19.1 Å². The number of aliphatic hydroxyl groups excluding tert-OH is 1. The molecule has 214 valence electrons. The van der Waals surface area contributed by atoms with Crippen molar-refractivity contribution < 1.29 is 28.9 Å². The lowest BCUT2D eigenvalue weighted by atomic mass is 9.95. The van der Waals surface area contributed by atoms with Crippen molar-refractivity contribution in [2.45, 2.75) is 23.1 Å². The monoisotopic (exact) mass is 621 g/mol. The number of aliphatic hydroxyl groups is 1. The molecule has 9 nitrogen and oxygen atoms in total. The molecule has 3 aromatic carbocycles. The first-order valence-corrected chi connectivity index (χ1v) is 15.3. The molecular formula is C30H24ClN3O6S2. The SMILES string of the molecule is CCOc1cccc(C2/C(=C(\O)c3ccc4c(c3)OCCO4)C(=O)C(=O)N2c2nnc(SCc3ccccc3Cl)s2)c1. The predicted octanol–water partition coefficient (Wildman–Crippen LogP) is 6.28. The Balaban J connectivity index is 1.41. The van der Waals surface area contributed by atoms with Crippen LogP contribution in [0.3, 0.4) is 0 Å². The number of benzene rings is 3. The second-order valence-corrected chi connectivity index (χ2v) is 11.8. The molecule has 0 spiro atoms. The first-order valence-electron chi connectivity index (χ1n) is 13.1. The van der Waals surface area contributed by atoms with Crippen molar-refractivity contribution in [3.05, 3.63) is 94.0 Å². The van der Waals surface area contributed by atoms with E-state index in [2.05, 4.69) is 10.2 Å². The number of fused-ring (bicyclic) bond motifs is 1. The molecule has 2 aliphatic heterocycles. The molecule has 0 saturated carbocycles. The molecular weight excluding hydrogens is 598 g/mol. The highest BCUT2D eigenvalue weighted by molar-refractivity contribution is 8.00. The van der Waals surface area contributed by atoms with Crippen LogP contribution in [0.25, 0.3) is 5.76 Å². The number of nitrogens with zero attached hydrogens (tertiary/aromatic N) is 3. The number of ketones is 1. The number of ether oxygens (including phenoxy) is 3. The fourth-order valence-corrected chi connectivity index (χ4v) is 6.90. The van der Waals surface area contributed by atoms with Gasteiger partial charge in [-0.1, -0.05) is 65.0 Å². The number of Topliss-reactive ketones (excluding diaryl/α,β-unsaturated/α-hetero) is 1. The second-order valence-electron chi connectivity index (χ2n) is 9.26. The van der Waals surface area contributed by atoms with Crippen LogP contribution in [0.2, 0.25) is 5.02 Å². The lowest BCUT2D eigenvalue weighted by Crippen LogP contribution is -2.29. The molecule has 1 saturated heterocycles. The van der Waals surface area contributed by atoms with Crippen LogP contribution in [0.5, 0.6) is 17.2 Å². The molecule has 0 aliphatic carbocycles. The number of halogens is 1. The average molecular weight is 622 g/mol. The number of aromatic nitrogens is 2. The minimum Gasteiger partial charge on any atom is -0.507 e. The van der Waals surface area contributed by atoms with Gasteiger partial charge < -0.3 is 19.3 Å². The molecule has 0 radical (unpaired) electrons. The van der Waals surface area contributed by atoms with Crippen LogP contribution in [0.1, 0.15) is 29.7 Å². The largest absolute Gasteiger partial charge is 0.507 e. The number of carbonyl (C=O) groups is 2. The molecule has 1 unspecified atom stereocenters. The highest BCUT2D eigenvalue weighted by Crippen LogP contribution is 2.45. The molecule has 1 atom stereocenters. The minimum atomic E-state index is -0.979. The Hall–Kier alpha value is -4.06. The molecule has 12 heteroatoms. The van der Waals surface area contributed by atoms with Crippen LogP contribution in [0, 0.1) is 0 Å². The van der Waals surface area contributed by atoms with Gasteiger partial charge in [-0.3, -0.25) is 14.5 Å². The molecule has 4 aromatic rings. The second kappa shape index (κ2) is 12.0. The summed E-state index contributed by atoms with van der Waals surface area (Å²) < 4.78 is 17.6. The van der Waals surface area contributed by atoms with E-state index in [-0.39, 0.29) is 16.5 Å². The van der Waals surface area contributed by atoms with E-state index in [0.29, 0.717) is 63.3 Å². The van der Waals surface area contributed by atoms with E-state index in [9.17, 15) is 14.7 Å². The zero-order chi connectivity index (χ0) is 29.2. The van der Waals surface area contributed by atoms with E-state index in [0.717, 1.165) is 5.56 Å². The highest BCUT2D eigenvalue weighted by Gasteiger charge is 2.48. The smallest absolute Gasteiger partial charge is 0.301 e. The van der Waals surface area contributed by atoms with Gasteiger partial charge in [-0.2, -0.15) is 0 Å². The summed E-state index contributed by atoms with van der Waals surface area (Å²) in [5.41, 5.74) is 1.75. The summed E-state index contributed by atoms with van der Waals surface area (Å²) in [4.78, 5) is 28.5. The van der Waals surface area contributed by atoms with Crippen molar-refractivity contribution in [1.82, 2.24) is 10.2 Å². The van der Waals surface area contributed by atoms with Crippen LogP contribution in [-0.4, -0.2) is 46.8 Å². The van der Waals surface area contributed by atoms with Crippen LogP contribution in [0.4, 0.5) is 5.13 Å². The molecule has 1 N–H and O–H groups in total. The van der Waals surface area contributed by atoms with Gasteiger partial charge in [0.2, 0.25) is 5.13 Å². The standard InChI is InChI=1S/C30H24ClN3O6S2/c1-2-38-20-8-5-7-17(14-20)25-24(26(35)18-10-11-22-23(15-18)40-13-12-39-22)27(36)28(37)34(25)29-32-33-30(42-29)41-16-19-6-3-4-9-21(19)31/h3-11,14-15,25,35H,2,12-13,16H2,1H3/b26-24+. The number of hydrogen-bond donors (Lipinski definition) is 1. The first-order chi connectivity index (χ1) is 20.4. The number of hydrogen-bond acceptors (Lipinski definition) is 10. The molecule has 42 heavy (non-hydrogen) atoms. The van der Waals surface area contributed by atoms with E-state index >= 15 is 0 Å². The quantitative estimate of drug-likeness (QED) is 0.0799. The van der Waals surface area contributed by atoms with Gasteiger partial charge in [0.25, 0.3) is 5.78 Å². The summed E-state index contributed by atoms with van der Waals surface area (Å²) >= 11 is 8.91. The Bertz CT molecular complexity index is 1710.